The summed E-state index contributed by atoms with van der Waals surface area (Å²) in [5, 5.41) is 6.82. The molecule has 12 rings (SSSR count). The van der Waals surface area contributed by atoms with E-state index >= 15 is 0 Å². The van der Waals surface area contributed by atoms with E-state index in [9.17, 15) is 0 Å². The molecule has 8 aromatic carbocycles. The number of hydrogen-bond donors (Lipinski definition) is 0. The molecule has 0 spiro atoms. The first kappa shape index (κ1) is 31.5. The van der Waals surface area contributed by atoms with Gasteiger partial charge in [-0.1, -0.05) is 140 Å². The number of fused-ring (bicyclic) bond motifs is 10. The van der Waals surface area contributed by atoms with Crippen LogP contribution >= 0.6 is 0 Å². The Hall–Kier alpha value is -7.83. The van der Waals surface area contributed by atoms with Gasteiger partial charge in [-0.15, -0.1) is 0 Å². The summed E-state index contributed by atoms with van der Waals surface area (Å²) in [7, 11) is 0. The predicted molar refractivity (Wildman–Crippen MR) is 232 cm³/mol. The van der Waals surface area contributed by atoms with Gasteiger partial charge in [0.05, 0.1) is 27.8 Å². The molecule has 0 fully saturated rings. The van der Waals surface area contributed by atoms with Gasteiger partial charge in [0.25, 0.3) is 0 Å². The first-order valence-corrected chi connectivity index (χ1v) is 19.1. The van der Waals surface area contributed by atoms with Crippen LogP contribution in [0.1, 0.15) is 0 Å². The number of aromatic nitrogens is 5. The molecule has 0 saturated heterocycles. The molecular formula is C51H31N5O. The third-order valence-corrected chi connectivity index (χ3v) is 11.2. The summed E-state index contributed by atoms with van der Waals surface area (Å²) in [4.78, 5) is 15.1. The van der Waals surface area contributed by atoms with Crippen molar-refractivity contribution in [1.29, 1.82) is 0 Å². The maximum atomic E-state index is 6.92. The Labute approximate surface area is 326 Å². The first-order valence-electron chi connectivity index (χ1n) is 19.1. The van der Waals surface area contributed by atoms with Crippen LogP contribution in [0.4, 0.5) is 0 Å². The summed E-state index contributed by atoms with van der Waals surface area (Å²) < 4.78 is 11.7. The molecule has 0 N–H and O–H groups in total. The predicted octanol–water partition coefficient (Wildman–Crippen LogP) is 13.0. The summed E-state index contributed by atoms with van der Waals surface area (Å²) in [5.41, 5.74) is 11.0. The standard InChI is InChI=1S/C51H31N5O/c1-4-16-32(17-5-1)49-52-50(33-18-6-2-7-19-33)54-51(53-49)38-25-15-29-44-45(38)37-24-14-28-43(48(37)57-44)56-40-27-13-11-23-36(40)47-42(56)31-30-41-46(47)35-22-10-12-26-39(35)55(41)34-20-8-3-9-21-34/h1-31H. The van der Waals surface area contributed by atoms with E-state index in [4.69, 9.17) is 19.4 Å². The zero-order valence-corrected chi connectivity index (χ0v) is 30.5. The number of rotatable bonds is 5. The molecule has 12 aromatic rings. The van der Waals surface area contributed by atoms with Gasteiger partial charge in [0.15, 0.2) is 23.1 Å². The van der Waals surface area contributed by atoms with E-state index in [2.05, 4.69) is 124 Å². The molecule has 0 aliphatic carbocycles. The van der Waals surface area contributed by atoms with Crippen molar-refractivity contribution in [3.05, 3.63) is 188 Å². The average molecular weight is 730 g/mol. The third kappa shape index (κ3) is 4.74. The van der Waals surface area contributed by atoms with Crippen molar-refractivity contribution >= 4 is 65.6 Å². The van der Waals surface area contributed by atoms with Crippen LogP contribution in [-0.4, -0.2) is 24.1 Å². The Bertz CT molecular complexity index is 3450. The summed E-state index contributed by atoms with van der Waals surface area (Å²) in [6.45, 7) is 0. The molecule has 266 valence electrons. The number of furan rings is 1. The van der Waals surface area contributed by atoms with Gasteiger partial charge in [-0.3, -0.25) is 0 Å². The Morgan fingerprint density at radius 3 is 1.51 bits per heavy atom. The number of benzene rings is 8. The van der Waals surface area contributed by atoms with Gasteiger partial charge in [0, 0.05) is 54.7 Å². The fraction of sp³-hybridized carbons (Fsp3) is 0. The fourth-order valence-corrected chi connectivity index (χ4v) is 8.76. The Morgan fingerprint density at radius 1 is 0.351 bits per heavy atom. The normalized spacial score (nSPS) is 11.9. The molecule has 6 nitrogen and oxygen atoms in total. The molecule has 0 radical (unpaired) electrons. The number of para-hydroxylation sites is 4. The lowest BCUT2D eigenvalue weighted by atomic mass is 10.0. The van der Waals surface area contributed by atoms with E-state index in [0.717, 1.165) is 61.0 Å². The highest BCUT2D eigenvalue weighted by molar-refractivity contribution is 6.29. The average Bonchev–Trinajstić information content (AvgIpc) is 3.95. The molecule has 57 heavy (non-hydrogen) atoms. The van der Waals surface area contributed by atoms with Crippen LogP contribution in [0.3, 0.4) is 0 Å². The molecule has 0 saturated carbocycles. The van der Waals surface area contributed by atoms with Crippen LogP contribution < -0.4 is 0 Å². The second-order valence-electron chi connectivity index (χ2n) is 14.4. The number of hydrogen-bond acceptors (Lipinski definition) is 4. The van der Waals surface area contributed by atoms with Crippen molar-refractivity contribution in [3.8, 4) is 45.5 Å². The van der Waals surface area contributed by atoms with Crippen molar-refractivity contribution in [2.45, 2.75) is 0 Å². The minimum absolute atomic E-state index is 0.593. The zero-order valence-electron chi connectivity index (χ0n) is 30.5. The summed E-state index contributed by atoms with van der Waals surface area (Å²) in [6, 6.07) is 65.4. The molecule has 0 amide bonds. The minimum Gasteiger partial charge on any atom is -0.454 e. The molecule has 0 atom stereocenters. The smallest absolute Gasteiger partial charge is 0.164 e. The highest BCUT2D eigenvalue weighted by atomic mass is 16.3. The maximum absolute atomic E-state index is 6.92. The van der Waals surface area contributed by atoms with Crippen molar-refractivity contribution in [2.75, 3.05) is 0 Å². The van der Waals surface area contributed by atoms with Gasteiger partial charge < -0.3 is 13.6 Å². The fourth-order valence-electron chi connectivity index (χ4n) is 8.76. The third-order valence-electron chi connectivity index (χ3n) is 11.2. The summed E-state index contributed by atoms with van der Waals surface area (Å²) in [5.74, 6) is 1.83. The van der Waals surface area contributed by atoms with E-state index in [-0.39, 0.29) is 0 Å². The SMILES string of the molecule is c1ccc(-c2nc(-c3ccccc3)nc(-c3cccc4oc5c(-n6c7ccccc7c7c8c9ccccc9n(-c9ccccc9)c8ccc76)cccc5c34)n2)cc1. The highest BCUT2D eigenvalue weighted by Gasteiger charge is 2.24. The Balaban J connectivity index is 1.13. The monoisotopic (exact) mass is 729 g/mol. The number of nitrogens with zero attached hydrogens (tertiary/aromatic N) is 5. The lowest BCUT2D eigenvalue weighted by molar-refractivity contribution is 0.666. The van der Waals surface area contributed by atoms with Crippen LogP contribution in [0, 0.1) is 0 Å². The van der Waals surface area contributed by atoms with Gasteiger partial charge in [0.2, 0.25) is 0 Å². The topological polar surface area (TPSA) is 61.7 Å². The van der Waals surface area contributed by atoms with Crippen LogP contribution in [0.5, 0.6) is 0 Å². The molecule has 0 aliphatic rings. The largest absolute Gasteiger partial charge is 0.454 e. The molecular weight excluding hydrogens is 699 g/mol. The van der Waals surface area contributed by atoms with Crippen molar-refractivity contribution in [1.82, 2.24) is 24.1 Å². The van der Waals surface area contributed by atoms with E-state index in [1.807, 2.05) is 72.8 Å². The molecule has 0 bridgehead atoms. The van der Waals surface area contributed by atoms with E-state index < -0.39 is 0 Å². The molecule has 6 heteroatoms. The maximum Gasteiger partial charge on any atom is 0.164 e. The van der Waals surface area contributed by atoms with Gasteiger partial charge in [-0.05, 0) is 48.5 Å². The minimum atomic E-state index is 0.593. The second-order valence-corrected chi connectivity index (χ2v) is 14.4. The Morgan fingerprint density at radius 2 is 0.860 bits per heavy atom. The zero-order chi connectivity index (χ0) is 37.5. The summed E-state index contributed by atoms with van der Waals surface area (Å²) in [6.07, 6.45) is 0. The lowest BCUT2D eigenvalue weighted by Gasteiger charge is -2.10. The van der Waals surface area contributed by atoms with Gasteiger partial charge in [0.1, 0.15) is 5.58 Å². The molecule has 0 unspecified atom stereocenters. The van der Waals surface area contributed by atoms with Crippen LogP contribution in [0.2, 0.25) is 0 Å². The van der Waals surface area contributed by atoms with E-state index in [1.54, 1.807) is 0 Å². The van der Waals surface area contributed by atoms with E-state index in [0.29, 0.717) is 17.5 Å². The summed E-state index contributed by atoms with van der Waals surface area (Å²) >= 11 is 0. The van der Waals surface area contributed by atoms with Crippen molar-refractivity contribution in [2.24, 2.45) is 0 Å². The van der Waals surface area contributed by atoms with Crippen LogP contribution in [-0.2, 0) is 0 Å². The van der Waals surface area contributed by atoms with Gasteiger partial charge in [-0.2, -0.15) is 0 Å². The Kier molecular flexibility index (Phi) is 6.83. The quantitative estimate of drug-likeness (QED) is 0.177. The van der Waals surface area contributed by atoms with Gasteiger partial charge in [-0.25, -0.2) is 15.0 Å². The molecule has 4 aromatic heterocycles. The lowest BCUT2D eigenvalue weighted by Crippen LogP contribution is -2.00. The molecule has 4 heterocycles. The van der Waals surface area contributed by atoms with Gasteiger partial charge >= 0.3 is 0 Å². The van der Waals surface area contributed by atoms with Crippen molar-refractivity contribution in [3.63, 3.8) is 0 Å². The second kappa shape index (κ2) is 12.3. The highest BCUT2D eigenvalue weighted by Crippen LogP contribution is 2.45. The molecule has 0 aliphatic heterocycles. The van der Waals surface area contributed by atoms with Crippen molar-refractivity contribution < 1.29 is 4.42 Å². The van der Waals surface area contributed by atoms with Crippen LogP contribution in [0.15, 0.2) is 192 Å². The van der Waals surface area contributed by atoms with Crippen LogP contribution in [0.25, 0.3) is 111 Å². The first-order chi connectivity index (χ1) is 28.3. The van der Waals surface area contributed by atoms with E-state index in [1.165, 1.54) is 32.6 Å².